The van der Waals surface area contributed by atoms with Crippen molar-refractivity contribution >= 4 is 22.8 Å². The largest absolute Gasteiger partial charge is 0.480 e. The number of carboxylic acid groups (broad SMARTS) is 1. The molecule has 0 aliphatic carbocycles. The molecule has 0 aliphatic rings. The third kappa shape index (κ3) is 3.04. The van der Waals surface area contributed by atoms with Crippen LogP contribution in [0.25, 0.3) is 10.9 Å². The van der Waals surface area contributed by atoms with Gasteiger partial charge in [0, 0.05) is 5.39 Å². The molecule has 0 radical (unpaired) electrons. The fourth-order valence-corrected chi connectivity index (χ4v) is 2.29. The zero-order valence-electron chi connectivity index (χ0n) is 12.3. The molecule has 1 amide bonds. The third-order valence-corrected chi connectivity index (χ3v) is 3.70. The molecule has 21 heavy (non-hydrogen) atoms. The van der Waals surface area contributed by atoms with Crippen molar-refractivity contribution in [1.29, 1.82) is 0 Å². The van der Waals surface area contributed by atoms with Crippen molar-refractivity contribution < 1.29 is 14.7 Å². The van der Waals surface area contributed by atoms with Crippen molar-refractivity contribution in [2.75, 3.05) is 0 Å². The van der Waals surface area contributed by atoms with Gasteiger partial charge in [-0.1, -0.05) is 20.3 Å². The number of fused-ring (bicyclic) bond motifs is 1. The minimum absolute atomic E-state index is 0.145. The number of amides is 1. The topological polar surface area (TPSA) is 95.1 Å². The first-order valence-electron chi connectivity index (χ1n) is 6.91. The van der Waals surface area contributed by atoms with Crippen LogP contribution in [0.15, 0.2) is 18.3 Å². The summed E-state index contributed by atoms with van der Waals surface area (Å²) in [7, 11) is 0. The molecule has 2 unspecified atom stereocenters. The average Bonchev–Trinajstić information content (AvgIpc) is 2.90. The fraction of sp³-hybridized carbons (Fsp3) is 0.400. The number of nitrogens with zero attached hydrogens (tertiary/aromatic N) is 1. The number of aryl methyl sites for hydroxylation is 1. The van der Waals surface area contributed by atoms with Crippen LogP contribution >= 0.6 is 0 Å². The van der Waals surface area contributed by atoms with Crippen molar-refractivity contribution in [3.05, 3.63) is 29.5 Å². The lowest BCUT2D eigenvalue weighted by atomic mass is 9.98. The van der Waals surface area contributed by atoms with E-state index in [1.54, 1.807) is 19.2 Å². The van der Waals surface area contributed by atoms with Gasteiger partial charge in [-0.2, -0.15) is 5.10 Å². The normalized spacial score (nSPS) is 13.9. The highest BCUT2D eigenvalue weighted by atomic mass is 16.4. The van der Waals surface area contributed by atoms with Gasteiger partial charge in [-0.3, -0.25) is 9.89 Å². The number of aromatic nitrogens is 2. The van der Waals surface area contributed by atoms with E-state index in [1.165, 1.54) is 0 Å². The predicted octanol–water partition coefficient (Wildman–Crippen LogP) is 2.10. The van der Waals surface area contributed by atoms with Gasteiger partial charge in [0.1, 0.15) is 6.04 Å². The van der Waals surface area contributed by atoms with Crippen LogP contribution in [-0.4, -0.2) is 33.2 Å². The van der Waals surface area contributed by atoms with Crippen molar-refractivity contribution in [3.63, 3.8) is 0 Å². The first-order chi connectivity index (χ1) is 9.93. The maximum atomic E-state index is 12.4. The second-order valence-corrected chi connectivity index (χ2v) is 5.32. The Labute approximate surface area is 122 Å². The molecule has 0 saturated carbocycles. The Kier molecular flexibility index (Phi) is 4.26. The van der Waals surface area contributed by atoms with Gasteiger partial charge in [-0.05, 0) is 30.5 Å². The number of carbonyl (C=O) groups excluding carboxylic acids is 1. The zero-order chi connectivity index (χ0) is 15.6. The maximum absolute atomic E-state index is 12.4. The molecule has 0 saturated heterocycles. The molecular weight excluding hydrogens is 270 g/mol. The molecule has 1 heterocycles. The smallest absolute Gasteiger partial charge is 0.326 e. The summed E-state index contributed by atoms with van der Waals surface area (Å²) in [6, 6.07) is 2.74. The van der Waals surface area contributed by atoms with Crippen molar-refractivity contribution in [2.45, 2.75) is 33.2 Å². The van der Waals surface area contributed by atoms with Crippen LogP contribution < -0.4 is 5.32 Å². The number of carboxylic acids is 1. The van der Waals surface area contributed by atoms with E-state index in [4.69, 9.17) is 0 Å². The second kappa shape index (κ2) is 5.95. The summed E-state index contributed by atoms with van der Waals surface area (Å²) in [4.78, 5) is 23.7. The van der Waals surface area contributed by atoms with Crippen LogP contribution in [0.4, 0.5) is 0 Å². The van der Waals surface area contributed by atoms with E-state index in [9.17, 15) is 14.7 Å². The van der Waals surface area contributed by atoms with Crippen molar-refractivity contribution in [3.8, 4) is 0 Å². The van der Waals surface area contributed by atoms with E-state index >= 15 is 0 Å². The van der Waals surface area contributed by atoms with E-state index in [0.29, 0.717) is 17.5 Å². The molecule has 0 fully saturated rings. The van der Waals surface area contributed by atoms with Gasteiger partial charge in [0.25, 0.3) is 5.91 Å². The summed E-state index contributed by atoms with van der Waals surface area (Å²) in [6.07, 6.45) is 2.31. The first kappa shape index (κ1) is 15.0. The summed E-state index contributed by atoms with van der Waals surface area (Å²) in [5.74, 6) is -1.57. The lowest BCUT2D eigenvalue weighted by Gasteiger charge is -2.20. The second-order valence-electron chi connectivity index (χ2n) is 5.32. The molecule has 3 N–H and O–H groups in total. The Morgan fingerprint density at radius 2 is 2.14 bits per heavy atom. The number of aliphatic carboxylic acids is 1. The molecule has 1 aromatic carbocycles. The lowest BCUT2D eigenvalue weighted by molar-refractivity contribution is -0.140. The monoisotopic (exact) mass is 289 g/mol. The van der Waals surface area contributed by atoms with Gasteiger partial charge in [0.05, 0.1) is 17.3 Å². The van der Waals surface area contributed by atoms with Gasteiger partial charge in [0.2, 0.25) is 0 Å². The van der Waals surface area contributed by atoms with Gasteiger partial charge in [-0.25, -0.2) is 4.79 Å². The summed E-state index contributed by atoms with van der Waals surface area (Å²) in [6.45, 7) is 5.58. The molecule has 1 aromatic heterocycles. The Morgan fingerprint density at radius 1 is 1.43 bits per heavy atom. The highest BCUT2D eigenvalue weighted by Crippen LogP contribution is 2.19. The zero-order valence-corrected chi connectivity index (χ0v) is 12.3. The van der Waals surface area contributed by atoms with Crippen LogP contribution in [0, 0.1) is 12.8 Å². The van der Waals surface area contributed by atoms with Crippen LogP contribution in [-0.2, 0) is 4.79 Å². The molecular formula is C15H19N3O3. The SMILES string of the molecule is CCC(C)C(NC(=O)c1cc(C)cc2cn[nH]c12)C(=O)O. The Balaban J connectivity index is 2.33. The maximum Gasteiger partial charge on any atom is 0.326 e. The summed E-state index contributed by atoms with van der Waals surface area (Å²) >= 11 is 0. The summed E-state index contributed by atoms with van der Waals surface area (Å²) in [5, 5.41) is 19.4. The predicted molar refractivity (Wildman–Crippen MR) is 79.2 cm³/mol. The number of nitrogens with one attached hydrogen (secondary N) is 2. The van der Waals surface area contributed by atoms with Crippen LogP contribution in [0.5, 0.6) is 0 Å². The Bertz CT molecular complexity index is 678. The number of carbonyl (C=O) groups is 2. The van der Waals surface area contributed by atoms with Gasteiger partial charge >= 0.3 is 5.97 Å². The Morgan fingerprint density at radius 3 is 2.76 bits per heavy atom. The van der Waals surface area contributed by atoms with E-state index < -0.39 is 17.9 Å². The minimum atomic E-state index is -1.02. The Hall–Kier alpha value is -2.37. The number of hydrogen-bond donors (Lipinski definition) is 3. The molecule has 6 nitrogen and oxygen atoms in total. The first-order valence-corrected chi connectivity index (χ1v) is 6.91. The standard InChI is InChI=1S/C15H19N3O3/c1-4-9(3)12(15(20)21)17-14(19)11-6-8(2)5-10-7-16-18-13(10)11/h5-7,9,12H,4H2,1-3H3,(H,16,18)(H,17,19)(H,20,21). The number of benzene rings is 1. The molecule has 112 valence electrons. The third-order valence-electron chi connectivity index (χ3n) is 3.70. The molecule has 2 aromatic rings. The van der Waals surface area contributed by atoms with E-state index in [1.807, 2.05) is 19.9 Å². The van der Waals surface area contributed by atoms with Crippen LogP contribution in [0.3, 0.4) is 0 Å². The quantitative estimate of drug-likeness (QED) is 0.785. The molecule has 0 bridgehead atoms. The van der Waals surface area contributed by atoms with E-state index in [0.717, 1.165) is 10.9 Å². The number of rotatable bonds is 5. The van der Waals surface area contributed by atoms with Gasteiger partial charge in [-0.15, -0.1) is 0 Å². The highest BCUT2D eigenvalue weighted by molar-refractivity contribution is 6.06. The van der Waals surface area contributed by atoms with E-state index in [-0.39, 0.29) is 5.92 Å². The lowest BCUT2D eigenvalue weighted by Crippen LogP contribution is -2.45. The molecule has 2 atom stereocenters. The highest BCUT2D eigenvalue weighted by Gasteiger charge is 2.26. The molecule has 6 heteroatoms. The number of H-pyrrole nitrogens is 1. The van der Waals surface area contributed by atoms with Gasteiger partial charge < -0.3 is 10.4 Å². The molecule has 0 spiro atoms. The molecule has 0 aliphatic heterocycles. The van der Waals surface area contributed by atoms with Crippen molar-refractivity contribution in [2.24, 2.45) is 5.92 Å². The van der Waals surface area contributed by atoms with Crippen LogP contribution in [0.2, 0.25) is 0 Å². The van der Waals surface area contributed by atoms with E-state index in [2.05, 4.69) is 15.5 Å². The number of hydrogen-bond acceptors (Lipinski definition) is 3. The van der Waals surface area contributed by atoms with Crippen LogP contribution in [0.1, 0.15) is 36.2 Å². The average molecular weight is 289 g/mol. The summed E-state index contributed by atoms with van der Waals surface area (Å²) < 4.78 is 0. The summed E-state index contributed by atoms with van der Waals surface area (Å²) in [5.41, 5.74) is 1.95. The van der Waals surface area contributed by atoms with Crippen molar-refractivity contribution in [1.82, 2.24) is 15.5 Å². The minimum Gasteiger partial charge on any atom is -0.480 e. The molecule has 2 rings (SSSR count). The number of aromatic amines is 1. The fourth-order valence-electron chi connectivity index (χ4n) is 2.29. The van der Waals surface area contributed by atoms with Gasteiger partial charge in [0.15, 0.2) is 0 Å².